The summed E-state index contributed by atoms with van der Waals surface area (Å²) in [5, 5.41) is 0. The molecule has 0 unspecified atom stereocenters. The Hall–Kier alpha value is -1.96. The lowest BCUT2D eigenvalue weighted by molar-refractivity contribution is -0.168. The van der Waals surface area contributed by atoms with Gasteiger partial charge < -0.3 is 21.9 Å². The van der Waals surface area contributed by atoms with E-state index in [9.17, 15) is 14.4 Å². The zero-order valence-corrected chi connectivity index (χ0v) is 26.9. The van der Waals surface area contributed by atoms with Crippen molar-refractivity contribution in [2.75, 3.05) is 6.54 Å². The van der Waals surface area contributed by atoms with Crippen LogP contribution in [0.5, 0.6) is 0 Å². The Bertz CT molecular complexity index is 1030. The number of guanidine groups is 1. The van der Waals surface area contributed by atoms with E-state index in [0.29, 0.717) is 61.2 Å². The minimum Gasteiger partial charge on any atom is -0.462 e. The Balaban J connectivity index is 1.38. The maximum atomic E-state index is 13.5. The zero-order chi connectivity index (χ0) is 30.8. The summed E-state index contributed by atoms with van der Waals surface area (Å²) in [5.41, 5.74) is 17.5. The number of fused-ring (bicyclic) bond motifs is 5. The van der Waals surface area contributed by atoms with Crippen LogP contribution in [0.25, 0.3) is 0 Å². The predicted molar refractivity (Wildman–Crippen MR) is 166 cm³/mol. The van der Waals surface area contributed by atoms with Gasteiger partial charge in [-0.25, -0.2) is 0 Å². The van der Waals surface area contributed by atoms with Crippen LogP contribution in [0.15, 0.2) is 4.99 Å². The lowest BCUT2D eigenvalue weighted by Gasteiger charge is -2.61. The van der Waals surface area contributed by atoms with E-state index in [1.165, 1.54) is 25.7 Å². The maximum absolute atomic E-state index is 13.5. The third kappa shape index (κ3) is 6.89. The Morgan fingerprint density at radius 1 is 0.952 bits per heavy atom. The number of carbonyl (C=O) groups is 3. The van der Waals surface area contributed by atoms with E-state index in [0.717, 1.165) is 32.1 Å². The van der Waals surface area contributed by atoms with Crippen molar-refractivity contribution in [3.8, 4) is 0 Å². The van der Waals surface area contributed by atoms with Gasteiger partial charge in [-0.05, 0) is 124 Å². The molecule has 4 aliphatic rings. The van der Waals surface area contributed by atoms with Crippen molar-refractivity contribution in [3.63, 3.8) is 0 Å². The van der Waals surface area contributed by atoms with Crippen molar-refractivity contribution < 1.29 is 19.1 Å². The van der Waals surface area contributed by atoms with Crippen molar-refractivity contribution in [2.45, 2.75) is 130 Å². The molecule has 4 fully saturated rings. The number of nitrogens with two attached hydrogens (primary N) is 3. The first-order chi connectivity index (χ1) is 19.8. The first-order valence-electron chi connectivity index (χ1n) is 16.8. The summed E-state index contributed by atoms with van der Waals surface area (Å²) in [7, 11) is 0. The van der Waals surface area contributed by atoms with Gasteiger partial charge in [0.1, 0.15) is 17.7 Å². The van der Waals surface area contributed by atoms with Gasteiger partial charge in [-0.3, -0.25) is 19.4 Å². The van der Waals surface area contributed by atoms with Crippen LogP contribution in [0.2, 0.25) is 0 Å². The number of hydrogen-bond donors (Lipinski definition) is 3. The highest BCUT2D eigenvalue weighted by Crippen LogP contribution is 2.67. The van der Waals surface area contributed by atoms with Gasteiger partial charge in [-0.15, -0.1) is 0 Å². The second-order valence-electron chi connectivity index (χ2n) is 15.3. The number of ether oxygens (including phenoxy) is 1. The summed E-state index contributed by atoms with van der Waals surface area (Å²) in [6, 6.07) is -0.563. The first-order valence-corrected chi connectivity index (χ1v) is 16.8. The zero-order valence-electron chi connectivity index (χ0n) is 26.9. The van der Waals surface area contributed by atoms with Crippen molar-refractivity contribution in [1.82, 2.24) is 0 Å². The van der Waals surface area contributed by atoms with Crippen molar-refractivity contribution >= 4 is 23.5 Å². The fourth-order valence-electron chi connectivity index (χ4n) is 10.1. The quantitative estimate of drug-likeness (QED) is 0.124. The largest absolute Gasteiger partial charge is 0.462 e. The van der Waals surface area contributed by atoms with Crippen LogP contribution in [-0.4, -0.2) is 42.2 Å². The molecule has 0 aliphatic heterocycles. The number of hydrogen-bond acceptors (Lipinski definition) is 6. The smallest absolute Gasteiger partial charge is 0.309 e. The topological polar surface area (TPSA) is 151 Å². The number of nitrogens with zero attached hydrogens (tertiary/aromatic N) is 1. The molecule has 0 saturated heterocycles. The van der Waals surface area contributed by atoms with Gasteiger partial charge in [0.25, 0.3) is 0 Å². The van der Waals surface area contributed by atoms with Gasteiger partial charge in [0.15, 0.2) is 5.96 Å². The lowest BCUT2D eigenvalue weighted by Crippen LogP contribution is -2.54. The van der Waals surface area contributed by atoms with Crippen molar-refractivity contribution in [1.29, 1.82) is 0 Å². The molecule has 8 nitrogen and oxygen atoms in total. The summed E-state index contributed by atoms with van der Waals surface area (Å²) in [4.78, 5) is 43.0. The Kier molecular flexibility index (Phi) is 10.5. The van der Waals surface area contributed by atoms with E-state index >= 15 is 0 Å². The Morgan fingerprint density at radius 3 is 2.31 bits per heavy atom. The number of esters is 1. The number of rotatable bonds is 12. The number of aliphatic imine (C=N–C) groups is 1. The average molecular weight is 587 g/mol. The third-order valence-corrected chi connectivity index (χ3v) is 12.3. The third-order valence-electron chi connectivity index (χ3n) is 12.3. The minimum atomic E-state index is -0.563. The molecule has 4 rings (SSSR count). The molecule has 238 valence electrons. The molecule has 0 aromatic carbocycles. The molecule has 0 aromatic heterocycles. The van der Waals surface area contributed by atoms with Gasteiger partial charge in [-0.2, -0.15) is 0 Å². The van der Waals surface area contributed by atoms with E-state index in [-0.39, 0.29) is 47.0 Å². The van der Waals surface area contributed by atoms with Crippen LogP contribution < -0.4 is 17.2 Å². The molecule has 4 aliphatic carbocycles. The summed E-state index contributed by atoms with van der Waals surface area (Å²) < 4.78 is 6.19. The fourth-order valence-corrected chi connectivity index (χ4v) is 10.1. The molecule has 0 radical (unpaired) electrons. The van der Waals surface area contributed by atoms with Crippen LogP contribution >= 0.6 is 0 Å². The highest BCUT2D eigenvalue weighted by molar-refractivity contribution is 5.88. The van der Waals surface area contributed by atoms with Crippen LogP contribution in [0, 0.1) is 52.3 Å². The van der Waals surface area contributed by atoms with Crippen LogP contribution in [0.4, 0.5) is 0 Å². The molecule has 10 atom stereocenters. The second-order valence-corrected chi connectivity index (χ2v) is 15.3. The number of carbonyl (C=O) groups excluding carboxylic acids is 3. The Labute approximate surface area is 253 Å². The average Bonchev–Trinajstić information content (AvgIpc) is 3.27. The van der Waals surface area contributed by atoms with Crippen LogP contribution in [-0.2, 0) is 19.1 Å². The normalized spacial score (nSPS) is 37.1. The summed E-state index contributed by atoms with van der Waals surface area (Å²) in [5.74, 6) is 2.70. The molecule has 0 bridgehead atoms. The Morgan fingerprint density at radius 2 is 1.64 bits per heavy atom. The molecule has 0 spiro atoms. The highest BCUT2D eigenvalue weighted by atomic mass is 16.5. The predicted octanol–water partition coefficient (Wildman–Crippen LogP) is 5.15. The van der Waals surface area contributed by atoms with Crippen LogP contribution in [0.1, 0.15) is 118 Å². The SMILES string of the molecule is CC(=O)[C@H]1CC[C@H]2[C@@H]3CC[C@H]4C[C@H](OC(=O)[C@H](CCCN=C(N)N)CC(=O)[C@@H](N)CC(C)C)CC[C@]4(C)[C@H]3CC[C@]12C. The molecular weight excluding hydrogens is 528 g/mol. The number of ketones is 2. The lowest BCUT2D eigenvalue weighted by atomic mass is 9.44. The molecule has 42 heavy (non-hydrogen) atoms. The molecule has 0 amide bonds. The molecule has 0 aromatic rings. The molecular formula is C34H58N4O4. The molecule has 4 saturated carbocycles. The fraction of sp³-hybridized carbons (Fsp3) is 0.882. The van der Waals surface area contributed by atoms with Crippen molar-refractivity contribution in [2.24, 2.45) is 74.4 Å². The highest BCUT2D eigenvalue weighted by Gasteiger charge is 2.61. The van der Waals surface area contributed by atoms with E-state index < -0.39 is 12.0 Å². The van der Waals surface area contributed by atoms with Crippen molar-refractivity contribution in [3.05, 3.63) is 0 Å². The van der Waals surface area contributed by atoms with E-state index in [2.05, 4.69) is 18.8 Å². The van der Waals surface area contributed by atoms with Gasteiger partial charge in [0, 0.05) is 18.9 Å². The summed E-state index contributed by atoms with van der Waals surface area (Å²) in [6.07, 6.45) is 11.6. The molecule has 6 N–H and O–H groups in total. The van der Waals surface area contributed by atoms with Gasteiger partial charge in [0.2, 0.25) is 0 Å². The minimum absolute atomic E-state index is 0.0262. The van der Waals surface area contributed by atoms with Crippen LogP contribution in [0.3, 0.4) is 0 Å². The number of Topliss-reactive ketones (excluding diaryl/α,β-unsaturated/α-hetero) is 2. The molecule has 0 heterocycles. The maximum Gasteiger partial charge on any atom is 0.309 e. The van der Waals surface area contributed by atoms with E-state index in [1.54, 1.807) is 6.92 Å². The van der Waals surface area contributed by atoms with E-state index in [1.807, 2.05) is 13.8 Å². The molecule has 8 heteroatoms. The summed E-state index contributed by atoms with van der Waals surface area (Å²) >= 11 is 0. The van der Waals surface area contributed by atoms with E-state index in [4.69, 9.17) is 21.9 Å². The van der Waals surface area contributed by atoms with Gasteiger partial charge >= 0.3 is 5.97 Å². The van der Waals surface area contributed by atoms with Gasteiger partial charge in [0.05, 0.1) is 12.0 Å². The first kappa shape index (κ1) is 32.9. The van der Waals surface area contributed by atoms with Gasteiger partial charge in [-0.1, -0.05) is 27.7 Å². The standard InChI is InChI=1S/C34H58N4O4/c1-20(2)17-29(35)30(40)18-22(7-6-16-38-32(36)37)31(41)42-24-12-14-33(4)23(19-24)8-9-25-27-11-10-26(21(3)39)34(27,5)15-13-28(25)33/h20,22-29H,6-19,35H2,1-5H3,(H4,36,37,38)/t22-,23+,24-,25+,26-,27+,28+,29+,33+,34-/m1/s1. The monoisotopic (exact) mass is 586 g/mol. The second kappa shape index (κ2) is 13.4. The summed E-state index contributed by atoms with van der Waals surface area (Å²) in [6.45, 7) is 11.2.